The Labute approximate surface area is 213 Å². The lowest BCUT2D eigenvalue weighted by molar-refractivity contribution is -0.152. The number of carbonyl (C=O) groups excluding carboxylic acids is 1. The van der Waals surface area contributed by atoms with Crippen LogP contribution in [-0.2, 0) is 14.3 Å². The van der Waals surface area contributed by atoms with Gasteiger partial charge in [0.25, 0.3) is 0 Å². The highest BCUT2D eigenvalue weighted by Crippen LogP contribution is 2.15. The van der Waals surface area contributed by atoms with E-state index >= 15 is 0 Å². The van der Waals surface area contributed by atoms with Gasteiger partial charge < -0.3 is 14.6 Å². The molecule has 4 heteroatoms. The number of hydrogen-bond donors (Lipinski definition) is 1. The second-order valence-corrected chi connectivity index (χ2v) is 10.3. The summed E-state index contributed by atoms with van der Waals surface area (Å²) >= 11 is 0. The number of ether oxygens (including phenoxy) is 2. The van der Waals surface area contributed by atoms with E-state index in [2.05, 4.69) is 6.92 Å². The fraction of sp³-hybridized carbons (Fsp3) is 0.967. The fourth-order valence-electron chi connectivity index (χ4n) is 4.56. The third-order valence-corrected chi connectivity index (χ3v) is 6.73. The number of esters is 1. The van der Waals surface area contributed by atoms with Crippen LogP contribution in [-0.4, -0.2) is 37.0 Å². The van der Waals surface area contributed by atoms with Crippen molar-refractivity contribution in [2.45, 2.75) is 168 Å². The maximum Gasteiger partial charge on any atom is 0.303 e. The van der Waals surface area contributed by atoms with E-state index < -0.39 is 6.10 Å². The monoisotopic (exact) mass is 484 g/mol. The highest BCUT2D eigenvalue weighted by atomic mass is 16.6. The minimum absolute atomic E-state index is 0.182. The summed E-state index contributed by atoms with van der Waals surface area (Å²) in [5.74, 6) is -0.373. The van der Waals surface area contributed by atoms with Crippen molar-refractivity contribution in [3.05, 3.63) is 0 Å². The Kier molecular flexibility index (Phi) is 28.1. The number of carbonyl (C=O) groups is 1. The molecular weight excluding hydrogens is 424 g/mol. The largest absolute Gasteiger partial charge is 0.458 e. The average Bonchev–Trinajstić information content (AvgIpc) is 2.83. The van der Waals surface area contributed by atoms with E-state index in [1.807, 2.05) is 0 Å². The normalized spacial score (nSPS) is 12.2. The van der Waals surface area contributed by atoms with Crippen LogP contribution in [0.15, 0.2) is 0 Å². The molecule has 0 spiro atoms. The van der Waals surface area contributed by atoms with Crippen LogP contribution in [0.1, 0.15) is 162 Å². The molecule has 0 aromatic heterocycles. The number of unbranched alkanes of at least 4 members (excludes halogenated alkanes) is 22. The van der Waals surface area contributed by atoms with Crippen molar-refractivity contribution >= 4 is 5.97 Å². The number of aliphatic hydroxyl groups is 1. The summed E-state index contributed by atoms with van der Waals surface area (Å²) in [6, 6.07) is 0. The molecule has 0 heterocycles. The predicted molar refractivity (Wildman–Crippen MR) is 145 cm³/mol. The zero-order valence-electron chi connectivity index (χ0n) is 23.1. The van der Waals surface area contributed by atoms with Gasteiger partial charge in [-0.25, -0.2) is 0 Å². The summed E-state index contributed by atoms with van der Waals surface area (Å²) in [4.78, 5) is 10.9. The van der Waals surface area contributed by atoms with E-state index in [1.165, 1.54) is 148 Å². The quantitative estimate of drug-likeness (QED) is 0.0889. The van der Waals surface area contributed by atoms with Gasteiger partial charge in [-0.2, -0.15) is 0 Å². The number of aliphatic hydroxyl groups excluding tert-OH is 1. The SMILES string of the molecule is CCCCCCCCCCCCCCCCCCCCCCCCCOCC(CO)OC(C)=O. The Hall–Kier alpha value is -0.610. The van der Waals surface area contributed by atoms with Crippen LogP contribution in [0.5, 0.6) is 0 Å². The molecule has 0 aromatic carbocycles. The van der Waals surface area contributed by atoms with Crippen molar-refractivity contribution in [2.75, 3.05) is 19.8 Å². The minimum Gasteiger partial charge on any atom is -0.458 e. The second kappa shape index (κ2) is 28.6. The maximum atomic E-state index is 10.9. The lowest BCUT2D eigenvalue weighted by Crippen LogP contribution is -2.26. The summed E-state index contributed by atoms with van der Waals surface area (Å²) in [6.07, 6.45) is 31.5. The van der Waals surface area contributed by atoms with Gasteiger partial charge in [0.15, 0.2) is 0 Å². The molecule has 34 heavy (non-hydrogen) atoms. The van der Waals surface area contributed by atoms with Crippen molar-refractivity contribution < 1.29 is 19.4 Å². The van der Waals surface area contributed by atoms with Crippen LogP contribution >= 0.6 is 0 Å². The van der Waals surface area contributed by atoms with Crippen molar-refractivity contribution in [3.8, 4) is 0 Å². The zero-order chi connectivity index (χ0) is 25.0. The molecule has 1 N–H and O–H groups in total. The Morgan fingerprint density at radius 3 is 1.21 bits per heavy atom. The average molecular weight is 485 g/mol. The van der Waals surface area contributed by atoms with E-state index in [4.69, 9.17) is 14.6 Å². The first-order valence-corrected chi connectivity index (χ1v) is 15.1. The smallest absolute Gasteiger partial charge is 0.303 e. The van der Waals surface area contributed by atoms with Crippen molar-refractivity contribution in [3.63, 3.8) is 0 Å². The summed E-state index contributed by atoms with van der Waals surface area (Å²) in [6.45, 7) is 4.43. The minimum atomic E-state index is -0.526. The lowest BCUT2D eigenvalue weighted by Gasteiger charge is -2.14. The third kappa shape index (κ3) is 27.6. The molecule has 0 rings (SSSR count). The van der Waals surface area contributed by atoms with Gasteiger partial charge in [-0.15, -0.1) is 0 Å². The molecule has 1 unspecified atom stereocenters. The molecule has 0 aromatic rings. The first-order valence-electron chi connectivity index (χ1n) is 15.1. The maximum absolute atomic E-state index is 10.9. The molecule has 0 amide bonds. The molecule has 0 fully saturated rings. The molecule has 0 aliphatic carbocycles. The third-order valence-electron chi connectivity index (χ3n) is 6.73. The van der Waals surface area contributed by atoms with Crippen molar-refractivity contribution in [2.24, 2.45) is 0 Å². The van der Waals surface area contributed by atoms with E-state index in [-0.39, 0.29) is 19.2 Å². The van der Waals surface area contributed by atoms with Crippen LogP contribution in [0, 0.1) is 0 Å². The topological polar surface area (TPSA) is 55.8 Å². The summed E-state index contributed by atoms with van der Waals surface area (Å²) in [7, 11) is 0. The number of rotatable bonds is 28. The Morgan fingerprint density at radius 1 is 0.588 bits per heavy atom. The number of hydrogen-bond acceptors (Lipinski definition) is 4. The molecule has 0 saturated heterocycles. The molecule has 0 bridgehead atoms. The molecule has 0 saturated carbocycles. The molecule has 0 aliphatic heterocycles. The van der Waals surface area contributed by atoms with Crippen LogP contribution in [0.25, 0.3) is 0 Å². The fourth-order valence-corrected chi connectivity index (χ4v) is 4.56. The summed E-state index contributed by atoms with van der Waals surface area (Å²) in [5, 5.41) is 9.11. The highest BCUT2D eigenvalue weighted by molar-refractivity contribution is 5.66. The van der Waals surface area contributed by atoms with Crippen LogP contribution in [0.3, 0.4) is 0 Å². The Morgan fingerprint density at radius 2 is 0.912 bits per heavy atom. The van der Waals surface area contributed by atoms with Gasteiger partial charge in [0, 0.05) is 13.5 Å². The van der Waals surface area contributed by atoms with Gasteiger partial charge in [-0.05, 0) is 6.42 Å². The molecule has 1 atom stereocenters. The molecule has 0 radical (unpaired) electrons. The van der Waals surface area contributed by atoms with Crippen molar-refractivity contribution in [1.82, 2.24) is 0 Å². The van der Waals surface area contributed by atoms with Gasteiger partial charge in [0.05, 0.1) is 13.2 Å². The van der Waals surface area contributed by atoms with Gasteiger partial charge in [-0.3, -0.25) is 4.79 Å². The second-order valence-electron chi connectivity index (χ2n) is 10.3. The highest BCUT2D eigenvalue weighted by Gasteiger charge is 2.10. The first kappa shape index (κ1) is 33.4. The predicted octanol–water partition coefficient (Wildman–Crippen LogP) is 8.92. The van der Waals surface area contributed by atoms with Gasteiger partial charge in [-0.1, -0.05) is 148 Å². The van der Waals surface area contributed by atoms with E-state index in [9.17, 15) is 4.79 Å². The molecule has 204 valence electrons. The van der Waals surface area contributed by atoms with Crippen LogP contribution < -0.4 is 0 Å². The molecule has 4 nitrogen and oxygen atoms in total. The van der Waals surface area contributed by atoms with E-state index in [0.717, 1.165) is 6.42 Å². The van der Waals surface area contributed by atoms with Crippen LogP contribution in [0.2, 0.25) is 0 Å². The van der Waals surface area contributed by atoms with Gasteiger partial charge >= 0.3 is 5.97 Å². The van der Waals surface area contributed by atoms with Gasteiger partial charge in [0.1, 0.15) is 6.10 Å². The summed E-state index contributed by atoms with van der Waals surface area (Å²) in [5.41, 5.74) is 0. The van der Waals surface area contributed by atoms with Crippen LogP contribution in [0.4, 0.5) is 0 Å². The van der Waals surface area contributed by atoms with E-state index in [0.29, 0.717) is 6.61 Å². The first-order chi connectivity index (χ1) is 16.7. The lowest BCUT2D eigenvalue weighted by atomic mass is 10.0. The van der Waals surface area contributed by atoms with Crippen molar-refractivity contribution in [1.29, 1.82) is 0 Å². The standard InChI is InChI=1S/C30H60O4/c1-3-4-5-6-7-8-9-10-11-12-13-14-15-16-17-18-19-20-21-22-23-24-25-26-33-28-30(27-31)34-29(2)32/h30-31H,3-28H2,1-2H3. The molecular formula is C30H60O4. The van der Waals surface area contributed by atoms with Gasteiger partial charge in [0.2, 0.25) is 0 Å². The summed E-state index contributed by atoms with van der Waals surface area (Å²) < 4.78 is 10.4. The Balaban J connectivity index is 3.11. The molecule has 0 aliphatic rings. The zero-order valence-corrected chi connectivity index (χ0v) is 23.1. The van der Waals surface area contributed by atoms with E-state index in [1.54, 1.807) is 0 Å². The Bertz CT molecular complexity index is 399.